The van der Waals surface area contributed by atoms with Gasteiger partial charge in [-0.05, 0) is 131 Å². The molecule has 0 aromatic heterocycles. The summed E-state index contributed by atoms with van der Waals surface area (Å²) in [6, 6.07) is -2.06. The van der Waals surface area contributed by atoms with Crippen molar-refractivity contribution >= 4 is 41.6 Å². The fourth-order valence-corrected chi connectivity index (χ4v) is 9.11. The number of hydrogen-bond acceptors (Lipinski definition) is 17. The van der Waals surface area contributed by atoms with Crippen LogP contribution in [0.4, 0.5) is 4.79 Å². The Kier molecular flexibility index (Phi) is 32.3. The zero-order valence-electron chi connectivity index (χ0n) is 55.4. The third kappa shape index (κ3) is 40.3. The van der Waals surface area contributed by atoms with Gasteiger partial charge in [0.25, 0.3) is 0 Å². The Hall–Kier alpha value is -3.95. The van der Waals surface area contributed by atoms with Crippen LogP contribution in [0.1, 0.15) is 190 Å². The van der Waals surface area contributed by atoms with Gasteiger partial charge in [-0.15, -0.1) is 0 Å². The lowest BCUT2D eigenvalue weighted by Crippen LogP contribution is -2.53. The van der Waals surface area contributed by atoms with Crippen molar-refractivity contribution in [3.63, 3.8) is 0 Å². The molecular formula is C62H117N7O13. The second-order valence-corrected chi connectivity index (χ2v) is 29.8. The number of amides is 3. The Bertz CT molecular complexity index is 1950. The Morgan fingerprint density at radius 1 is 0.463 bits per heavy atom. The van der Waals surface area contributed by atoms with E-state index < -0.39 is 57.8 Å². The van der Waals surface area contributed by atoms with Crippen LogP contribution in [0.15, 0.2) is 0 Å². The summed E-state index contributed by atoms with van der Waals surface area (Å²) < 4.78 is 33.8. The zero-order valence-corrected chi connectivity index (χ0v) is 55.4. The normalized spacial score (nSPS) is 16.5. The fourth-order valence-electron chi connectivity index (χ4n) is 9.11. The van der Waals surface area contributed by atoms with Crippen molar-refractivity contribution in [1.82, 2.24) is 35.1 Å². The second-order valence-electron chi connectivity index (χ2n) is 29.8. The number of nitrogens with one attached hydrogen (secondary N) is 2. The van der Waals surface area contributed by atoms with E-state index in [9.17, 15) is 33.6 Å². The molecule has 0 bridgehead atoms. The third-order valence-corrected chi connectivity index (χ3v) is 12.5. The monoisotopic (exact) mass is 1170 g/mol. The number of unbranched alkanes of at least 4 members (excludes halogenated alkanes) is 1. The van der Waals surface area contributed by atoms with Crippen LogP contribution in [-0.4, -0.2) is 219 Å². The summed E-state index contributed by atoms with van der Waals surface area (Å²) in [5, 5.41) is 5.73. The van der Waals surface area contributed by atoms with Gasteiger partial charge in [-0.3, -0.25) is 33.8 Å². The summed E-state index contributed by atoms with van der Waals surface area (Å²) in [6.07, 6.45) is 2.33. The van der Waals surface area contributed by atoms with E-state index in [2.05, 4.69) is 71.8 Å². The molecule has 1 heterocycles. The van der Waals surface area contributed by atoms with E-state index >= 15 is 0 Å². The zero-order chi connectivity index (χ0) is 62.9. The van der Waals surface area contributed by atoms with Crippen molar-refractivity contribution in [1.29, 1.82) is 0 Å². The van der Waals surface area contributed by atoms with Crippen LogP contribution in [-0.2, 0) is 57.2 Å². The van der Waals surface area contributed by atoms with Crippen LogP contribution in [0.25, 0.3) is 0 Å². The minimum atomic E-state index is -1.11. The number of Topliss-reactive ketones (excluding diaryl/α,β-unsaturated/α-hetero) is 1. The number of rotatable bonds is 28. The third-order valence-electron chi connectivity index (χ3n) is 12.5. The van der Waals surface area contributed by atoms with Crippen LogP contribution < -0.4 is 10.6 Å². The molecule has 2 atom stereocenters. The Morgan fingerprint density at radius 3 is 1.39 bits per heavy atom. The van der Waals surface area contributed by atoms with Crippen LogP contribution >= 0.6 is 0 Å². The van der Waals surface area contributed by atoms with E-state index in [1.807, 2.05) is 41.5 Å². The highest BCUT2D eigenvalue weighted by atomic mass is 16.6. The Balaban J connectivity index is 2.90. The van der Waals surface area contributed by atoms with E-state index in [-0.39, 0.29) is 86.8 Å². The minimum absolute atomic E-state index is 0.0182. The Labute approximate surface area is 496 Å². The average molecular weight is 1170 g/mol. The molecule has 0 radical (unpaired) electrons. The summed E-state index contributed by atoms with van der Waals surface area (Å²) in [6.45, 7) is 49.8. The molecule has 2 N–H and O–H groups in total. The summed E-state index contributed by atoms with van der Waals surface area (Å²) in [4.78, 5) is 103. The quantitative estimate of drug-likeness (QED) is 0.0432. The lowest BCUT2D eigenvalue weighted by atomic mass is 9.84. The van der Waals surface area contributed by atoms with Crippen LogP contribution in [0, 0.1) is 16.2 Å². The van der Waals surface area contributed by atoms with Gasteiger partial charge in [0, 0.05) is 97.5 Å². The molecule has 20 nitrogen and oxygen atoms in total. The molecule has 3 amide bonds. The highest BCUT2D eigenvalue weighted by Crippen LogP contribution is 2.25. The first kappa shape index (κ1) is 76.1. The summed E-state index contributed by atoms with van der Waals surface area (Å²) in [7, 11) is 0. The lowest BCUT2D eigenvalue weighted by Gasteiger charge is -2.37. The molecular weight excluding hydrogens is 1050 g/mol. The van der Waals surface area contributed by atoms with Gasteiger partial charge in [0.15, 0.2) is 0 Å². The van der Waals surface area contributed by atoms with Crippen molar-refractivity contribution in [3.05, 3.63) is 0 Å². The van der Waals surface area contributed by atoms with Gasteiger partial charge in [0.2, 0.25) is 5.91 Å². The molecule has 0 aromatic rings. The lowest BCUT2D eigenvalue weighted by molar-refractivity contribution is -0.160. The maximum absolute atomic E-state index is 13.6. The molecule has 1 aliphatic rings. The van der Waals surface area contributed by atoms with Gasteiger partial charge in [-0.2, -0.15) is 0 Å². The van der Waals surface area contributed by atoms with Gasteiger partial charge >= 0.3 is 29.9 Å². The van der Waals surface area contributed by atoms with Crippen LogP contribution in [0.3, 0.4) is 0 Å². The fraction of sp³-hybridized carbons (Fsp3) is 0.887. The summed E-state index contributed by atoms with van der Waals surface area (Å²) >= 11 is 0. The maximum Gasteiger partial charge on any atom is 0.329 e. The van der Waals surface area contributed by atoms with Gasteiger partial charge in [-0.1, -0.05) is 62.3 Å². The molecule has 0 aliphatic carbocycles. The topological polar surface area (TPSA) is 215 Å². The number of ketones is 1. The molecule has 0 unspecified atom stereocenters. The van der Waals surface area contributed by atoms with Crippen molar-refractivity contribution in [2.45, 2.75) is 225 Å². The summed E-state index contributed by atoms with van der Waals surface area (Å²) in [5.41, 5.74) is -3.05. The predicted octanol–water partition coefficient (Wildman–Crippen LogP) is 7.91. The number of ether oxygens (including phenoxy) is 6. The van der Waals surface area contributed by atoms with Crippen molar-refractivity contribution in [2.75, 3.05) is 118 Å². The SMILES string of the molecule is CC(C)(C)CN1CCN(CC(=O)CCCOCCOCC(=O)N(CCCC[C@H](NC(=O)N[C@@H](CCC(=O)OC(C)(C)C)C(=O)OC(C)(C)C)C(C)(C)C)CC(=O)OC(C)(C)C)CCN(CC(=O)OC(C)(C)C)CCN(CC(C)(C)C)CC1. The molecule has 478 valence electrons. The molecule has 20 heteroatoms. The van der Waals surface area contributed by atoms with E-state index in [4.69, 9.17) is 28.4 Å². The number of carbonyl (C=O) groups excluding carboxylic acids is 7. The number of urea groups is 1. The summed E-state index contributed by atoms with van der Waals surface area (Å²) in [5.74, 6) is -2.24. The van der Waals surface area contributed by atoms with Crippen molar-refractivity contribution < 1.29 is 62.0 Å². The predicted molar refractivity (Wildman–Crippen MR) is 322 cm³/mol. The highest BCUT2D eigenvalue weighted by molar-refractivity contribution is 5.85. The first-order chi connectivity index (χ1) is 37.4. The average Bonchev–Trinajstić information content (AvgIpc) is 3.26. The smallest absolute Gasteiger partial charge is 0.329 e. The highest BCUT2D eigenvalue weighted by Gasteiger charge is 2.32. The van der Waals surface area contributed by atoms with Crippen LogP contribution in [0.2, 0.25) is 0 Å². The molecule has 1 saturated heterocycles. The Morgan fingerprint density at radius 2 is 0.915 bits per heavy atom. The van der Waals surface area contributed by atoms with E-state index in [0.29, 0.717) is 64.9 Å². The molecule has 0 saturated carbocycles. The molecule has 0 aromatic carbocycles. The van der Waals surface area contributed by atoms with Crippen molar-refractivity contribution in [3.8, 4) is 0 Å². The largest absolute Gasteiger partial charge is 0.460 e. The maximum atomic E-state index is 13.6. The van der Waals surface area contributed by atoms with Crippen molar-refractivity contribution in [2.24, 2.45) is 16.2 Å². The van der Waals surface area contributed by atoms with Gasteiger partial charge < -0.3 is 53.8 Å². The van der Waals surface area contributed by atoms with E-state index in [1.54, 1.807) is 62.3 Å². The standard InChI is InChI=1S/C62H117N7O13/c1-56(2,3)45-67-34-32-65(30-31-66(42-52(73)80-60(13,14)15)33-35-68(37-36-67)46-57(4,5)6)41-47(70)25-24-38-77-39-40-78-44-50(71)69(43-53(74)81-61(16,17)18)29-23-22-26-49(58(7,8)9)64-55(76)63-48(54(75)82-62(19,20)21)27-28-51(72)79-59(10,11)12/h48-49H,22-46H2,1-21H3,(H2,63,64,76)/t48-,49-/m0/s1. The molecule has 82 heavy (non-hydrogen) atoms. The molecule has 1 fully saturated rings. The van der Waals surface area contributed by atoms with Gasteiger partial charge in [-0.25, -0.2) is 9.59 Å². The number of hydrogen-bond donors (Lipinski definition) is 2. The van der Waals surface area contributed by atoms with Gasteiger partial charge in [0.1, 0.15) is 47.4 Å². The minimum Gasteiger partial charge on any atom is -0.460 e. The molecule has 0 spiro atoms. The van der Waals surface area contributed by atoms with Gasteiger partial charge in [0.05, 0.1) is 26.3 Å². The first-order valence-corrected chi connectivity index (χ1v) is 30.2. The van der Waals surface area contributed by atoms with Crippen LogP contribution in [0.5, 0.6) is 0 Å². The molecule has 1 rings (SSSR count). The first-order valence-electron chi connectivity index (χ1n) is 30.2. The number of nitrogens with zero attached hydrogens (tertiary/aromatic N) is 5. The number of carbonyl (C=O) groups is 7. The van der Waals surface area contributed by atoms with E-state index in [1.165, 1.54) is 4.90 Å². The number of esters is 4. The molecule has 1 aliphatic heterocycles. The van der Waals surface area contributed by atoms with E-state index in [0.717, 1.165) is 45.8 Å². The second kappa shape index (κ2) is 34.9.